The minimum absolute atomic E-state index is 0.131. The molecule has 1 saturated heterocycles. The number of nitrogens with one attached hydrogen (secondary N) is 1. The zero-order chi connectivity index (χ0) is 13.7. The molecule has 1 rings (SSSR count). The fraction of sp³-hybridized carbons (Fsp3) is 0.846. The van der Waals surface area contributed by atoms with E-state index in [-0.39, 0.29) is 11.9 Å². The number of carboxylic acid groups (broad SMARTS) is 1. The number of carbonyl (C=O) groups is 2. The van der Waals surface area contributed by atoms with E-state index < -0.39 is 11.9 Å². The number of likely N-dealkylation sites (tertiary alicyclic amines) is 1. The van der Waals surface area contributed by atoms with Gasteiger partial charge >= 0.3 is 12.0 Å². The van der Waals surface area contributed by atoms with E-state index in [2.05, 4.69) is 19.2 Å². The topological polar surface area (TPSA) is 69.6 Å². The van der Waals surface area contributed by atoms with Gasteiger partial charge in [-0.1, -0.05) is 27.2 Å². The van der Waals surface area contributed by atoms with Crippen LogP contribution in [0.4, 0.5) is 4.79 Å². The third-order valence-corrected chi connectivity index (χ3v) is 3.59. The van der Waals surface area contributed by atoms with Crippen LogP contribution in [0.3, 0.4) is 0 Å². The van der Waals surface area contributed by atoms with E-state index in [1.54, 1.807) is 4.90 Å². The number of carboxylic acids is 1. The van der Waals surface area contributed by atoms with Crippen molar-refractivity contribution in [2.45, 2.75) is 33.6 Å². The maximum atomic E-state index is 12.0. The van der Waals surface area contributed by atoms with Crippen LogP contribution < -0.4 is 5.32 Å². The Morgan fingerprint density at radius 1 is 1.44 bits per heavy atom. The van der Waals surface area contributed by atoms with Crippen LogP contribution in [0, 0.1) is 17.8 Å². The smallest absolute Gasteiger partial charge is 0.317 e. The van der Waals surface area contributed by atoms with Gasteiger partial charge in [0.2, 0.25) is 0 Å². The average Bonchev–Trinajstić information content (AvgIpc) is 2.34. The van der Waals surface area contributed by atoms with Gasteiger partial charge in [-0.2, -0.15) is 0 Å². The number of hydrogen-bond donors (Lipinski definition) is 2. The van der Waals surface area contributed by atoms with E-state index in [1.165, 1.54) is 0 Å². The minimum atomic E-state index is -0.804. The Hall–Kier alpha value is -1.26. The third kappa shape index (κ3) is 4.20. The van der Waals surface area contributed by atoms with Crippen molar-refractivity contribution in [2.75, 3.05) is 19.6 Å². The fourth-order valence-electron chi connectivity index (χ4n) is 2.21. The summed E-state index contributed by atoms with van der Waals surface area (Å²) in [6, 6.07) is -0.131. The van der Waals surface area contributed by atoms with Crippen LogP contribution in [0.2, 0.25) is 0 Å². The number of nitrogens with zero attached hydrogens (tertiary/aromatic N) is 1. The van der Waals surface area contributed by atoms with Crippen LogP contribution >= 0.6 is 0 Å². The van der Waals surface area contributed by atoms with Gasteiger partial charge in [0.05, 0.1) is 5.92 Å². The molecule has 2 amide bonds. The Kier molecular flexibility index (Phi) is 5.44. The molecule has 0 aromatic carbocycles. The summed E-state index contributed by atoms with van der Waals surface area (Å²) in [5, 5.41) is 11.9. The Morgan fingerprint density at radius 3 is 2.67 bits per heavy atom. The first-order valence-electron chi connectivity index (χ1n) is 6.69. The van der Waals surface area contributed by atoms with E-state index in [4.69, 9.17) is 5.11 Å². The van der Waals surface area contributed by atoms with E-state index >= 15 is 0 Å². The largest absolute Gasteiger partial charge is 0.481 e. The van der Waals surface area contributed by atoms with Gasteiger partial charge < -0.3 is 15.3 Å². The molecule has 0 aromatic heterocycles. The molecule has 0 bridgehead atoms. The molecule has 0 saturated carbocycles. The summed E-state index contributed by atoms with van der Waals surface area (Å²) >= 11 is 0. The molecule has 1 fully saturated rings. The summed E-state index contributed by atoms with van der Waals surface area (Å²) in [5.41, 5.74) is 0. The Morgan fingerprint density at radius 2 is 2.11 bits per heavy atom. The lowest BCUT2D eigenvalue weighted by Gasteiger charge is -2.34. The van der Waals surface area contributed by atoms with Crippen LogP contribution in [0.1, 0.15) is 33.6 Å². The Balaban J connectivity index is 2.49. The van der Waals surface area contributed by atoms with Crippen molar-refractivity contribution in [3.05, 3.63) is 0 Å². The van der Waals surface area contributed by atoms with E-state index in [0.29, 0.717) is 32.0 Å². The second-order valence-corrected chi connectivity index (χ2v) is 5.48. The molecule has 0 radical (unpaired) electrons. The number of rotatable bonds is 4. The lowest BCUT2D eigenvalue weighted by atomic mass is 9.91. The molecule has 2 N–H and O–H groups in total. The lowest BCUT2D eigenvalue weighted by Crippen LogP contribution is -2.50. The summed E-state index contributed by atoms with van der Waals surface area (Å²) in [6.45, 7) is 7.78. The molecular formula is C13H24N2O3. The SMILES string of the molecule is CCC(C)CNC(=O)N1CC(C)CC(C(=O)O)C1. The molecule has 5 heteroatoms. The maximum absolute atomic E-state index is 12.0. The highest BCUT2D eigenvalue weighted by Crippen LogP contribution is 2.21. The first kappa shape index (κ1) is 14.8. The number of urea groups is 1. The van der Waals surface area contributed by atoms with Gasteiger partial charge in [-0.3, -0.25) is 4.79 Å². The normalized spacial score (nSPS) is 25.6. The summed E-state index contributed by atoms with van der Waals surface area (Å²) in [7, 11) is 0. The molecular weight excluding hydrogens is 232 g/mol. The van der Waals surface area contributed by atoms with Gasteiger partial charge in [-0.15, -0.1) is 0 Å². The standard InChI is InChI=1S/C13H24N2O3/c1-4-9(2)6-14-13(18)15-7-10(3)5-11(8-15)12(16)17/h9-11H,4-8H2,1-3H3,(H,14,18)(H,16,17). The van der Waals surface area contributed by atoms with Crippen molar-refractivity contribution in [1.82, 2.24) is 10.2 Å². The van der Waals surface area contributed by atoms with Gasteiger partial charge in [-0.05, 0) is 18.3 Å². The molecule has 1 heterocycles. The van der Waals surface area contributed by atoms with Crippen molar-refractivity contribution in [3.63, 3.8) is 0 Å². The van der Waals surface area contributed by atoms with Gasteiger partial charge in [-0.25, -0.2) is 4.79 Å². The van der Waals surface area contributed by atoms with E-state index in [1.807, 2.05) is 6.92 Å². The maximum Gasteiger partial charge on any atom is 0.317 e. The zero-order valence-electron chi connectivity index (χ0n) is 11.5. The molecule has 1 aliphatic rings. The lowest BCUT2D eigenvalue weighted by molar-refractivity contribution is -0.143. The number of amides is 2. The number of piperidine rings is 1. The highest BCUT2D eigenvalue weighted by Gasteiger charge is 2.31. The van der Waals surface area contributed by atoms with Crippen LogP contribution in [-0.2, 0) is 4.79 Å². The summed E-state index contributed by atoms with van der Waals surface area (Å²) in [4.78, 5) is 24.6. The fourth-order valence-corrected chi connectivity index (χ4v) is 2.21. The van der Waals surface area contributed by atoms with Gasteiger partial charge in [0, 0.05) is 19.6 Å². The molecule has 0 aliphatic carbocycles. The molecule has 3 unspecified atom stereocenters. The first-order chi connectivity index (χ1) is 8.43. The monoisotopic (exact) mass is 256 g/mol. The Labute approximate surface area is 109 Å². The quantitative estimate of drug-likeness (QED) is 0.805. The molecule has 5 nitrogen and oxygen atoms in total. The minimum Gasteiger partial charge on any atom is -0.481 e. The third-order valence-electron chi connectivity index (χ3n) is 3.59. The van der Waals surface area contributed by atoms with Crippen LogP contribution in [0.25, 0.3) is 0 Å². The highest BCUT2D eigenvalue weighted by atomic mass is 16.4. The predicted octanol–water partition coefficient (Wildman–Crippen LogP) is 1.78. The predicted molar refractivity (Wildman–Crippen MR) is 69.3 cm³/mol. The summed E-state index contributed by atoms with van der Waals surface area (Å²) < 4.78 is 0. The van der Waals surface area contributed by atoms with Crippen LogP contribution in [0.15, 0.2) is 0 Å². The van der Waals surface area contributed by atoms with Gasteiger partial charge in [0.15, 0.2) is 0 Å². The van der Waals surface area contributed by atoms with E-state index in [9.17, 15) is 9.59 Å². The number of carbonyl (C=O) groups excluding carboxylic acids is 1. The van der Waals surface area contributed by atoms with Gasteiger partial charge in [0.1, 0.15) is 0 Å². The van der Waals surface area contributed by atoms with Crippen molar-refractivity contribution in [1.29, 1.82) is 0 Å². The molecule has 104 valence electrons. The second kappa shape index (κ2) is 6.61. The number of hydrogen-bond acceptors (Lipinski definition) is 2. The second-order valence-electron chi connectivity index (χ2n) is 5.48. The van der Waals surface area contributed by atoms with Crippen LogP contribution in [0.5, 0.6) is 0 Å². The zero-order valence-corrected chi connectivity index (χ0v) is 11.5. The molecule has 1 aliphatic heterocycles. The molecule has 0 spiro atoms. The van der Waals surface area contributed by atoms with Crippen LogP contribution in [-0.4, -0.2) is 41.6 Å². The summed E-state index contributed by atoms with van der Waals surface area (Å²) in [5.74, 6) is -0.537. The first-order valence-corrected chi connectivity index (χ1v) is 6.69. The van der Waals surface area contributed by atoms with Crippen molar-refractivity contribution in [3.8, 4) is 0 Å². The van der Waals surface area contributed by atoms with Crippen molar-refractivity contribution in [2.24, 2.45) is 17.8 Å². The average molecular weight is 256 g/mol. The molecule has 0 aromatic rings. The van der Waals surface area contributed by atoms with E-state index in [0.717, 1.165) is 6.42 Å². The Bertz CT molecular complexity index is 307. The van der Waals surface area contributed by atoms with Gasteiger partial charge in [0.25, 0.3) is 0 Å². The molecule has 18 heavy (non-hydrogen) atoms. The highest BCUT2D eigenvalue weighted by molar-refractivity contribution is 5.76. The molecule has 3 atom stereocenters. The van der Waals surface area contributed by atoms with Crippen molar-refractivity contribution >= 4 is 12.0 Å². The number of aliphatic carboxylic acids is 1. The van der Waals surface area contributed by atoms with Crippen molar-refractivity contribution < 1.29 is 14.7 Å². The summed E-state index contributed by atoms with van der Waals surface area (Å²) in [6.07, 6.45) is 1.68.